The molecule has 1 aromatic rings. The van der Waals surface area contributed by atoms with Crippen LogP contribution in [0.1, 0.15) is 25.5 Å². The van der Waals surface area contributed by atoms with Gasteiger partial charge in [-0.2, -0.15) is 15.0 Å². The third kappa shape index (κ3) is 1.03. The minimum Gasteiger partial charge on any atom is -0.302 e. The molecule has 0 unspecified atom stereocenters. The summed E-state index contributed by atoms with van der Waals surface area (Å²) in [6, 6.07) is 0. The first-order valence-corrected chi connectivity index (χ1v) is 5.45. The van der Waals surface area contributed by atoms with Gasteiger partial charge in [0, 0.05) is 12.0 Å². The molecule has 1 aromatic heterocycles. The van der Waals surface area contributed by atoms with E-state index in [-0.39, 0.29) is 0 Å². The lowest BCUT2D eigenvalue weighted by atomic mass is 9.82. The van der Waals surface area contributed by atoms with E-state index in [2.05, 4.69) is 22.0 Å². The van der Waals surface area contributed by atoms with Crippen LogP contribution in [0.15, 0.2) is 6.20 Å². The van der Waals surface area contributed by atoms with E-state index in [9.17, 15) is 0 Å². The summed E-state index contributed by atoms with van der Waals surface area (Å²) in [7, 11) is 0. The van der Waals surface area contributed by atoms with E-state index in [1.165, 1.54) is 38.2 Å². The van der Waals surface area contributed by atoms with Gasteiger partial charge in [0.05, 0.1) is 18.4 Å². The molecule has 2 aliphatic heterocycles. The average molecular weight is 192 g/mol. The summed E-state index contributed by atoms with van der Waals surface area (Å²) in [4.78, 5) is 4.33. The first kappa shape index (κ1) is 8.41. The smallest absolute Gasteiger partial charge is 0.0902 e. The SMILES string of the molecule is CCn1ncc(C23CCN(CC2)C3)n1. The van der Waals surface area contributed by atoms with Crippen molar-refractivity contribution in [1.82, 2.24) is 19.9 Å². The van der Waals surface area contributed by atoms with Gasteiger partial charge in [0.2, 0.25) is 0 Å². The van der Waals surface area contributed by atoms with E-state index in [1.807, 2.05) is 6.20 Å². The zero-order valence-corrected chi connectivity index (χ0v) is 8.61. The van der Waals surface area contributed by atoms with Crippen LogP contribution >= 0.6 is 0 Å². The van der Waals surface area contributed by atoms with Crippen molar-refractivity contribution in [1.29, 1.82) is 0 Å². The Labute approximate surface area is 83.9 Å². The molecule has 3 heterocycles. The van der Waals surface area contributed by atoms with Crippen LogP contribution < -0.4 is 0 Å². The number of nitrogens with zero attached hydrogens (tertiary/aromatic N) is 4. The number of rotatable bonds is 2. The van der Waals surface area contributed by atoms with Gasteiger partial charge in [-0.05, 0) is 32.9 Å². The van der Waals surface area contributed by atoms with Crippen LogP contribution in [0.2, 0.25) is 0 Å². The van der Waals surface area contributed by atoms with Crippen molar-refractivity contribution < 1.29 is 0 Å². The second kappa shape index (κ2) is 2.79. The highest BCUT2D eigenvalue weighted by Crippen LogP contribution is 2.41. The van der Waals surface area contributed by atoms with Crippen molar-refractivity contribution in [3.8, 4) is 0 Å². The predicted octanol–water partition coefficient (Wildman–Crippen LogP) is 0.645. The minimum atomic E-state index is 0.355. The fraction of sp³-hybridized carbons (Fsp3) is 0.800. The quantitative estimate of drug-likeness (QED) is 0.689. The maximum Gasteiger partial charge on any atom is 0.0902 e. The number of hydrogen-bond donors (Lipinski definition) is 0. The molecule has 14 heavy (non-hydrogen) atoms. The monoisotopic (exact) mass is 192 g/mol. The Balaban J connectivity index is 1.94. The fourth-order valence-corrected chi connectivity index (χ4v) is 2.76. The van der Waals surface area contributed by atoms with E-state index in [0.29, 0.717) is 5.41 Å². The number of aromatic nitrogens is 3. The van der Waals surface area contributed by atoms with Gasteiger partial charge < -0.3 is 4.90 Å². The molecule has 4 nitrogen and oxygen atoms in total. The molecule has 0 N–H and O–H groups in total. The van der Waals surface area contributed by atoms with Crippen molar-refractivity contribution in [2.24, 2.45) is 0 Å². The Bertz CT molecular complexity index is 336. The molecule has 0 spiro atoms. The van der Waals surface area contributed by atoms with Crippen LogP contribution in [0.3, 0.4) is 0 Å². The van der Waals surface area contributed by atoms with Gasteiger partial charge in [-0.15, -0.1) is 0 Å². The summed E-state index contributed by atoms with van der Waals surface area (Å²) >= 11 is 0. The lowest BCUT2D eigenvalue weighted by molar-refractivity contribution is 0.362. The lowest BCUT2D eigenvalue weighted by Crippen LogP contribution is -2.25. The zero-order chi connectivity index (χ0) is 9.60. The molecule has 3 rings (SSSR count). The Morgan fingerprint density at radius 1 is 1.43 bits per heavy atom. The highest BCUT2D eigenvalue weighted by atomic mass is 15.5. The summed E-state index contributed by atoms with van der Waals surface area (Å²) < 4.78 is 0. The Morgan fingerprint density at radius 3 is 2.71 bits per heavy atom. The minimum absolute atomic E-state index is 0.355. The molecule has 2 fully saturated rings. The molecule has 0 saturated carbocycles. The topological polar surface area (TPSA) is 34.0 Å². The van der Waals surface area contributed by atoms with Crippen molar-refractivity contribution in [3.05, 3.63) is 11.9 Å². The molecule has 76 valence electrons. The molecule has 0 aliphatic carbocycles. The molecular formula is C10H16N4. The van der Waals surface area contributed by atoms with Crippen molar-refractivity contribution in [2.75, 3.05) is 19.6 Å². The van der Waals surface area contributed by atoms with Gasteiger partial charge in [-0.25, -0.2) is 0 Å². The zero-order valence-electron chi connectivity index (χ0n) is 8.61. The van der Waals surface area contributed by atoms with Gasteiger partial charge in [0.25, 0.3) is 0 Å². The molecule has 2 bridgehead atoms. The molecule has 0 atom stereocenters. The summed E-state index contributed by atoms with van der Waals surface area (Å²) in [5, 5.41) is 8.84. The van der Waals surface area contributed by atoms with Crippen LogP contribution in [0, 0.1) is 0 Å². The van der Waals surface area contributed by atoms with E-state index in [4.69, 9.17) is 0 Å². The summed E-state index contributed by atoms with van der Waals surface area (Å²) in [5.41, 5.74) is 1.58. The third-order valence-corrected chi connectivity index (χ3v) is 3.70. The average Bonchev–Trinajstić information content (AvgIpc) is 2.93. The number of hydrogen-bond acceptors (Lipinski definition) is 3. The van der Waals surface area contributed by atoms with E-state index >= 15 is 0 Å². The molecule has 4 heteroatoms. The maximum absolute atomic E-state index is 4.56. The Kier molecular flexibility index (Phi) is 1.68. The second-order valence-corrected chi connectivity index (χ2v) is 4.47. The molecule has 0 radical (unpaired) electrons. The summed E-state index contributed by atoms with van der Waals surface area (Å²) in [6.45, 7) is 6.66. The van der Waals surface area contributed by atoms with Crippen LogP contribution in [0.5, 0.6) is 0 Å². The number of fused-ring (bicyclic) bond motifs is 2. The predicted molar refractivity (Wildman–Crippen MR) is 53.0 cm³/mol. The fourth-order valence-electron chi connectivity index (χ4n) is 2.76. The van der Waals surface area contributed by atoms with E-state index in [0.717, 1.165) is 6.54 Å². The molecular weight excluding hydrogens is 176 g/mol. The second-order valence-electron chi connectivity index (χ2n) is 4.47. The molecule has 0 amide bonds. The van der Waals surface area contributed by atoms with Crippen LogP contribution in [-0.4, -0.2) is 39.5 Å². The largest absolute Gasteiger partial charge is 0.302 e. The summed E-state index contributed by atoms with van der Waals surface area (Å²) in [5.74, 6) is 0. The first-order chi connectivity index (χ1) is 6.82. The first-order valence-electron chi connectivity index (χ1n) is 5.45. The molecule has 2 saturated heterocycles. The Morgan fingerprint density at radius 2 is 2.21 bits per heavy atom. The highest BCUT2D eigenvalue weighted by molar-refractivity contribution is 5.19. The number of aryl methyl sites for hydroxylation is 1. The van der Waals surface area contributed by atoms with Crippen LogP contribution in [0.4, 0.5) is 0 Å². The molecule has 0 aromatic carbocycles. The van der Waals surface area contributed by atoms with E-state index in [1.54, 1.807) is 4.80 Å². The highest BCUT2D eigenvalue weighted by Gasteiger charge is 2.46. The van der Waals surface area contributed by atoms with Gasteiger partial charge in [-0.1, -0.05) is 0 Å². The van der Waals surface area contributed by atoms with Gasteiger partial charge in [0.1, 0.15) is 0 Å². The normalized spacial score (nSPS) is 35.4. The van der Waals surface area contributed by atoms with Gasteiger partial charge in [0.15, 0.2) is 0 Å². The summed E-state index contributed by atoms with van der Waals surface area (Å²) in [6.07, 6.45) is 4.52. The van der Waals surface area contributed by atoms with Crippen LogP contribution in [-0.2, 0) is 12.0 Å². The Hall–Kier alpha value is -0.900. The van der Waals surface area contributed by atoms with E-state index < -0.39 is 0 Å². The number of piperidine rings is 1. The molecule has 2 aliphatic rings. The third-order valence-electron chi connectivity index (χ3n) is 3.70. The van der Waals surface area contributed by atoms with Gasteiger partial charge in [-0.3, -0.25) is 0 Å². The van der Waals surface area contributed by atoms with Crippen LogP contribution in [0.25, 0.3) is 0 Å². The van der Waals surface area contributed by atoms with Crippen molar-refractivity contribution >= 4 is 0 Å². The maximum atomic E-state index is 4.56. The lowest BCUT2D eigenvalue weighted by Gasteiger charge is -2.21. The van der Waals surface area contributed by atoms with Crippen molar-refractivity contribution in [3.63, 3.8) is 0 Å². The van der Waals surface area contributed by atoms with Gasteiger partial charge >= 0.3 is 0 Å². The van der Waals surface area contributed by atoms with Crippen molar-refractivity contribution in [2.45, 2.75) is 31.7 Å². The standard InChI is InChI=1S/C10H16N4/c1-2-14-11-7-9(12-14)10-3-5-13(8-10)6-4-10/h7H,2-6,8H2,1H3.